The molecule has 5 nitrogen and oxygen atoms in total. The Labute approximate surface area is 115 Å². The van der Waals surface area contributed by atoms with Gasteiger partial charge in [0.1, 0.15) is 0 Å². The number of nitrogens with one attached hydrogen (secondary N) is 2. The molecule has 1 rings (SSSR count). The molecule has 1 unspecified atom stereocenters. The summed E-state index contributed by atoms with van der Waals surface area (Å²) in [5.41, 5.74) is 2.14. The molecule has 0 bridgehead atoms. The lowest BCUT2D eigenvalue weighted by atomic mass is 10.2. The molecular formula is C14H26N4O. The number of carbonyl (C=O) groups is 1. The molecule has 0 saturated heterocycles. The Morgan fingerprint density at radius 1 is 1.47 bits per heavy atom. The first-order valence-electron chi connectivity index (χ1n) is 7.04. The maximum atomic E-state index is 11.8. The van der Waals surface area contributed by atoms with Crippen LogP contribution in [0.1, 0.15) is 44.4 Å². The van der Waals surface area contributed by atoms with Gasteiger partial charge in [0, 0.05) is 31.9 Å². The van der Waals surface area contributed by atoms with Crippen molar-refractivity contribution in [2.75, 3.05) is 6.54 Å². The molecule has 0 aliphatic heterocycles. The zero-order valence-electron chi connectivity index (χ0n) is 12.5. The molecule has 1 atom stereocenters. The SMILES string of the molecule is CCCCCNC(=O)C(C)NCc1cn(C)nc1C. The quantitative estimate of drug-likeness (QED) is 0.701. The van der Waals surface area contributed by atoms with Gasteiger partial charge in [0.15, 0.2) is 0 Å². The zero-order valence-corrected chi connectivity index (χ0v) is 12.5. The van der Waals surface area contributed by atoms with Gasteiger partial charge in [-0.2, -0.15) is 5.10 Å². The molecule has 0 spiro atoms. The third-order valence-electron chi connectivity index (χ3n) is 3.19. The molecule has 2 N–H and O–H groups in total. The first kappa shape index (κ1) is 15.7. The minimum absolute atomic E-state index is 0.0673. The normalized spacial score (nSPS) is 12.4. The summed E-state index contributed by atoms with van der Waals surface area (Å²) in [5.74, 6) is 0.0673. The summed E-state index contributed by atoms with van der Waals surface area (Å²) in [4.78, 5) is 11.8. The molecule has 5 heteroatoms. The van der Waals surface area contributed by atoms with E-state index in [1.807, 2.05) is 27.1 Å². The van der Waals surface area contributed by atoms with Gasteiger partial charge in [-0.1, -0.05) is 19.8 Å². The highest BCUT2D eigenvalue weighted by Crippen LogP contribution is 2.04. The number of hydrogen-bond acceptors (Lipinski definition) is 3. The van der Waals surface area contributed by atoms with Gasteiger partial charge in [-0.05, 0) is 20.3 Å². The summed E-state index contributed by atoms with van der Waals surface area (Å²) in [6, 6.07) is -0.179. The number of amides is 1. The van der Waals surface area contributed by atoms with E-state index in [0.717, 1.165) is 30.6 Å². The van der Waals surface area contributed by atoms with Crippen LogP contribution in [-0.2, 0) is 18.4 Å². The third kappa shape index (κ3) is 5.42. The van der Waals surface area contributed by atoms with E-state index in [9.17, 15) is 4.79 Å². The molecule has 0 aliphatic rings. The highest BCUT2D eigenvalue weighted by atomic mass is 16.2. The molecule has 0 aliphatic carbocycles. The Hall–Kier alpha value is -1.36. The Morgan fingerprint density at radius 2 is 2.21 bits per heavy atom. The maximum absolute atomic E-state index is 11.8. The van der Waals surface area contributed by atoms with Gasteiger partial charge in [0.05, 0.1) is 11.7 Å². The smallest absolute Gasteiger partial charge is 0.236 e. The highest BCUT2D eigenvalue weighted by molar-refractivity contribution is 5.81. The summed E-state index contributed by atoms with van der Waals surface area (Å²) in [6.07, 6.45) is 5.37. The van der Waals surface area contributed by atoms with Gasteiger partial charge < -0.3 is 10.6 Å². The van der Waals surface area contributed by atoms with Crippen molar-refractivity contribution in [2.24, 2.45) is 7.05 Å². The molecule has 0 radical (unpaired) electrons. The summed E-state index contributed by atoms with van der Waals surface area (Å²) in [5, 5.41) is 10.5. The molecule has 1 aromatic rings. The van der Waals surface area contributed by atoms with Gasteiger partial charge >= 0.3 is 0 Å². The van der Waals surface area contributed by atoms with Crippen LogP contribution >= 0.6 is 0 Å². The Kier molecular flexibility index (Phi) is 6.56. The second kappa shape index (κ2) is 7.94. The first-order chi connectivity index (χ1) is 9.04. The highest BCUT2D eigenvalue weighted by Gasteiger charge is 2.12. The number of aromatic nitrogens is 2. The molecule has 0 fully saturated rings. The summed E-state index contributed by atoms with van der Waals surface area (Å²) < 4.78 is 1.79. The van der Waals surface area contributed by atoms with Crippen LogP contribution in [0.2, 0.25) is 0 Å². The fraction of sp³-hybridized carbons (Fsp3) is 0.714. The van der Waals surface area contributed by atoms with E-state index in [0.29, 0.717) is 6.54 Å². The van der Waals surface area contributed by atoms with Crippen LogP contribution in [-0.4, -0.2) is 28.3 Å². The minimum Gasteiger partial charge on any atom is -0.355 e. The molecule has 1 amide bonds. The lowest BCUT2D eigenvalue weighted by Gasteiger charge is -2.13. The fourth-order valence-electron chi connectivity index (χ4n) is 1.92. The molecule has 1 aromatic heterocycles. The minimum atomic E-state index is -0.179. The Bertz CT molecular complexity index is 400. The maximum Gasteiger partial charge on any atom is 0.236 e. The van der Waals surface area contributed by atoms with Gasteiger partial charge in [0.25, 0.3) is 0 Å². The molecule has 0 aromatic carbocycles. The predicted octanol–water partition coefficient (Wildman–Crippen LogP) is 1.51. The summed E-state index contributed by atoms with van der Waals surface area (Å²) in [6.45, 7) is 7.46. The van der Waals surface area contributed by atoms with Crippen LogP contribution < -0.4 is 10.6 Å². The van der Waals surface area contributed by atoms with Crippen LogP contribution in [0.5, 0.6) is 0 Å². The zero-order chi connectivity index (χ0) is 14.3. The Balaban J connectivity index is 2.28. The van der Waals surface area contributed by atoms with Gasteiger partial charge in [-0.15, -0.1) is 0 Å². The van der Waals surface area contributed by atoms with Crippen molar-refractivity contribution in [1.82, 2.24) is 20.4 Å². The average molecular weight is 266 g/mol. The van der Waals surface area contributed by atoms with Crippen molar-refractivity contribution in [2.45, 2.75) is 52.6 Å². The van der Waals surface area contributed by atoms with E-state index in [1.165, 1.54) is 6.42 Å². The van der Waals surface area contributed by atoms with Crippen molar-refractivity contribution >= 4 is 5.91 Å². The van der Waals surface area contributed by atoms with Crippen molar-refractivity contribution in [3.05, 3.63) is 17.5 Å². The van der Waals surface area contributed by atoms with E-state index >= 15 is 0 Å². The fourth-order valence-corrected chi connectivity index (χ4v) is 1.92. The second-order valence-corrected chi connectivity index (χ2v) is 5.01. The number of rotatable bonds is 8. The molecular weight excluding hydrogens is 240 g/mol. The van der Waals surface area contributed by atoms with Crippen molar-refractivity contribution in [1.29, 1.82) is 0 Å². The number of aryl methyl sites for hydroxylation is 2. The molecule has 108 valence electrons. The molecule has 19 heavy (non-hydrogen) atoms. The van der Waals surface area contributed by atoms with Crippen molar-refractivity contribution in [3.63, 3.8) is 0 Å². The first-order valence-corrected chi connectivity index (χ1v) is 7.04. The lowest BCUT2D eigenvalue weighted by molar-refractivity contribution is -0.122. The average Bonchev–Trinajstić information content (AvgIpc) is 2.70. The van der Waals surface area contributed by atoms with Crippen LogP contribution in [0, 0.1) is 6.92 Å². The second-order valence-electron chi connectivity index (χ2n) is 5.01. The standard InChI is InChI=1S/C14H26N4O/c1-5-6-7-8-15-14(19)12(3)16-9-13-10-18(4)17-11(13)2/h10,12,16H,5-9H2,1-4H3,(H,15,19). The number of nitrogens with zero attached hydrogens (tertiary/aromatic N) is 2. The van der Waals surface area contributed by atoms with E-state index in [-0.39, 0.29) is 11.9 Å². The van der Waals surface area contributed by atoms with Crippen LogP contribution in [0.4, 0.5) is 0 Å². The monoisotopic (exact) mass is 266 g/mol. The number of unbranched alkanes of at least 4 members (excludes halogenated alkanes) is 2. The van der Waals surface area contributed by atoms with E-state index in [1.54, 1.807) is 4.68 Å². The largest absolute Gasteiger partial charge is 0.355 e. The predicted molar refractivity (Wildman–Crippen MR) is 76.8 cm³/mol. The van der Waals surface area contributed by atoms with E-state index in [2.05, 4.69) is 22.7 Å². The Morgan fingerprint density at radius 3 is 2.79 bits per heavy atom. The molecule has 0 saturated carbocycles. The van der Waals surface area contributed by atoms with Crippen molar-refractivity contribution < 1.29 is 4.79 Å². The summed E-state index contributed by atoms with van der Waals surface area (Å²) >= 11 is 0. The molecule has 1 heterocycles. The van der Waals surface area contributed by atoms with Crippen LogP contribution in [0.3, 0.4) is 0 Å². The topological polar surface area (TPSA) is 59.0 Å². The van der Waals surface area contributed by atoms with Gasteiger partial charge in [-0.25, -0.2) is 0 Å². The van der Waals surface area contributed by atoms with E-state index in [4.69, 9.17) is 0 Å². The lowest BCUT2D eigenvalue weighted by Crippen LogP contribution is -2.42. The van der Waals surface area contributed by atoms with Crippen LogP contribution in [0.15, 0.2) is 6.20 Å². The van der Waals surface area contributed by atoms with Crippen LogP contribution in [0.25, 0.3) is 0 Å². The van der Waals surface area contributed by atoms with Gasteiger partial charge in [-0.3, -0.25) is 9.48 Å². The number of carbonyl (C=O) groups excluding carboxylic acids is 1. The van der Waals surface area contributed by atoms with E-state index < -0.39 is 0 Å². The van der Waals surface area contributed by atoms with Crippen molar-refractivity contribution in [3.8, 4) is 0 Å². The number of hydrogen-bond donors (Lipinski definition) is 2. The summed E-state index contributed by atoms with van der Waals surface area (Å²) in [7, 11) is 1.90. The van der Waals surface area contributed by atoms with Gasteiger partial charge in [0.2, 0.25) is 5.91 Å². The third-order valence-corrected chi connectivity index (χ3v) is 3.19.